The van der Waals surface area contributed by atoms with Crippen LogP contribution < -0.4 is 45.7 Å². The number of β-lactam (4-membered cyclic amide) rings is 1. The molecule has 0 saturated carbocycles. The number of hydrogen-bond acceptors (Lipinski definition) is 11. The van der Waals surface area contributed by atoms with Crippen molar-refractivity contribution in [3.8, 4) is 0 Å². The number of rotatable bonds is 6. The van der Waals surface area contributed by atoms with Crippen LogP contribution in [0.25, 0.3) is 0 Å². The number of thiazole rings is 1. The summed E-state index contributed by atoms with van der Waals surface area (Å²) in [7, 11) is 1.28. The number of carbonyl (C=O) groups excluding carboxylic acids is 3. The summed E-state index contributed by atoms with van der Waals surface area (Å²) in [6, 6.07) is -0.923. The molecule has 1 aromatic heterocycles. The second-order valence-electron chi connectivity index (χ2n) is 7.27. The van der Waals surface area contributed by atoms with Crippen molar-refractivity contribution in [1.29, 1.82) is 0 Å². The first-order valence-electron chi connectivity index (χ1n) is 9.47. The first kappa shape index (κ1) is 25.0. The van der Waals surface area contributed by atoms with Crippen LogP contribution in [0.3, 0.4) is 0 Å². The fourth-order valence-corrected chi connectivity index (χ4v) is 5.83. The summed E-state index contributed by atoms with van der Waals surface area (Å²) in [5, 5.41) is 19.4. The minimum Gasteiger partial charge on any atom is -0.543 e. The van der Waals surface area contributed by atoms with Crippen LogP contribution >= 0.6 is 23.1 Å². The van der Waals surface area contributed by atoms with E-state index in [4.69, 9.17) is 15.3 Å². The number of carbonyl (C=O) groups is 3. The van der Waals surface area contributed by atoms with Crippen LogP contribution in [-0.4, -0.2) is 70.4 Å². The fraction of sp³-hybridized carbons (Fsp3) is 0.500. The smallest absolute Gasteiger partial charge is 0.543 e. The molecule has 3 N–H and O–H groups in total. The van der Waals surface area contributed by atoms with Crippen LogP contribution in [0.2, 0.25) is 0 Å². The number of thioether (sulfide) groups is 1. The molecule has 2 unspecified atom stereocenters. The second kappa shape index (κ2) is 10.1. The van der Waals surface area contributed by atoms with E-state index in [1.165, 1.54) is 23.8 Å². The molecule has 4 rings (SSSR count). The number of nitrogens with one attached hydrogen (secondary N) is 1. The van der Waals surface area contributed by atoms with Gasteiger partial charge in [-0.15, -0.1) is 23.1 Å². The van der Waals surface area contributed by atoms with E-state index in [1.807, 2.05) is 6.92 Å². The quantitative estimate of drug-likeness (QED) is 0.175. The molecule has 2 amide bonds. The molecular formula is C18H20N5NaO6S2. The van der Waals surface area contributed by atoms with E-state index in [1.54, 1.807) is 5.38 Å². The first-order valence-corrected chi connectivity index (χ1v) is 11.4. The maximum Gasteiger partial charge on any atom is 1.00 e. The third-order valence-electron chi connectivity index (χ3n) is 5.37. The van der Waals surface area contributed by atoms with Gasteiger partial charge in [0.05, 0.1) is 17.8 Å². The molecule has 0 radical (unpaired) electrons. The fourth-order valence-electron chi connectivity index (χ4n) is 3.89. The first-order chi connectivity index (χ1) is 14.8. The van der Waals surface area contributed by atoms with Gasteiger partial charge in [0.25, 0.3) is 11.8 Å². The number of nitrogens with zero attached hydrogens (tertiary/aromatic N) is 3. The number of nitrogen functional groups attached to an aromatic ring is 1. The Morgan fingerprint density at radius 2 is 2.22 bits per heavy atom. The summed E-state index contributed by atoms with van der Waals surface area (Å²) in [5.74, 6) is -2.14. The minimum atomic E-state index is -1.43. The molecule has 2 fully saturated rings. The van der Waals surface area contributed by atoms with Crippen molar-refractivity contribution in [1.82, 2.24) is 15.2 Å². The maximum atomic E-state index is 12.8. The molecular weight excluding hydrogens is 469 g/mol. The van der Waals surface area contributed by atoms with Gasteiger partial charge in [-0.1, -0.05) is 12.1 Å². The van der Waals surface area contributed by atoms with Crippen LogP contribution in [-0.2, 0) is 24.0 Å². The van der Waals surface area contributed by atoms with Crippen molar-refractivity contribution < 1.29 is 58.6 Å². The molecule has 4 heterocycles. The molecule has 2 saturated heterocycles. The Morgan fingerprint density at radius 3 is 2.78 bits per heavy atom. The van der Waals surface area contributed by atoms with E-state index in [2.05, 4.69) is 15.5 Å². The van der Waals surface area contributed by atoms with Crippen LogP contribution in [0.4, 0.5) is 5.13 Å². The molecule has 11 nitrogen and oxygen atoms in total. The zero-order chi connectivity index (χ0) is 22.3. The van der Waals surface area contributed by atoms with E-state index in [-0.39, 0.29) is 63.8 Å². The number of oxime groups is 1. The normalized spacial score (nSPS) is 27.4. The summed E-state index contributed by atoms with van der Waals surface area (Å²) in [5.41, 5.74) is 6.09. The van der Waals surface area contributed by atoms with E-state index in [0.717, 1.165) is 17.8 Å². The number of aliphatic carboxylic acids is 1. The summed E-state index contributed by atoms with van der Waals surface area (Å²) >= 11 is 2.50. The van der Waals surface area contributed by atoms with Crippen LogP contribution in [0, 0.1) is 5.92 Å². The van der Waals surface area contributed by atoms with Gasteiger partial charge in [-0.05, 0) is 17.9 Å². The van der Waals surface area contributed by atoms with Gasteiger partial charge in [-0.2, -0.15) is 0 Å². The number of nitrogens with two attached hydrogens (primary N) is 1. The number of aromatic nitrogens is 1. The molecule has 0 aromatic carbocycles. The zero-order valence-electron chi connectivity index (χ0n) is 17.7. The Bertz CT molecular complexity index is 998. The summed E-state index contributed by atoms with van der Waals surface area (Å²) in [6.07, 6.45) is 0.455. The molecule has 0 spiro atoms. The Kier molecular flexibility index (Phi) is 7.89. The van der Waals surface area contributed by atoms with Crippen molar-refractivity contribution in [3.63, 3.8) is 0 Å². The average Bonchev–Trinajstić information content (AvgIpc) is 3.36. The topological polar surface area (TPSA) is 159 Å². The molecule has 0 bridgehead atoms. The number of fused-ring (bicyclic) bond motifs is 1. The molecule has 4 atom stereocenters. The number of carboxylic acid groups (broad SMARTS) is 1. The molecule has 14 heteroatoms. The summed E-state index contributed by atoms with van der Waals surface area (Å²) in [4.78, 5) is 47.4. The number of carboxylic acids is 1. The van der Waals surface area contributed by atoms with Gasteiger partial charge in [-0.25, -0.2) is 4.98 Å². The van der Waals surface area contributed by atoms with Gasteiger partial charge in [0.1, 0.15) is 24.2 Å². The largest absolute Gasteiger partial charge is 1.00 e. The Hall–Kier alpha value is -1.64. The van der Waals surface area contributed by atoms with E-state index in [9.17, 15) is 19.5 Å². The monoisotopic (exact) mass is 489 g/mol. The predicted octanol–water partition coefficient (Wildman–Crippen LogP) is -4.09. The van der Waals surface area contributed by atoms with Gasteiger partial charge >= 0.3 is 29.6 Å². The zero-order valence-corrected chi connectivity index (χ0v) is 21.3. The maximum absolute atomic E-state index is 12.8. The van der Waals surface area contributed by atoms with Crippen LogP contribution in [0.1, 0.15) is 19.0 Å². The third-order valence-corrected chi connectivity index (χ3v) is 7.35. The number of amides is 2. The number of anilines is 1. The van der Waals surface area contributed by atoms with Crippen molar-refractivity contribution in [2.24, 2.45) is 11.1 Å². The molecule has 3 aliphatic heterocycles. The number of hydrogen-bond donors (Lipinski definition) is 2. The minimum absolute atomic E-state index is 0. The van der Waals surface area contributed by atoms with Gasteiger partial charge in [0.15, 0.2) is 10.8 Å². The second-order valence-corrected chi connectivity index (χ2v) is 9.27. The van der Waals surface area contributed by atoms with Crippen LogP contribution in [0.5, 0.6) is 0 Å². The molecule has 32 heavy (non-hydrogen) atoms. The van der Waals surface area contributed by atoms with Crippen molar-refractivity contribution >= 4 is 51.7 Å². The van der Waals surface area contributed by atoms with E-state index < -0.39 is 29.2 Å². The molecule has 166 valence electrons. The number of ether oxygens (including phenoxy) is 1. The molecule has 1 aromatic rings. The van der Waals surface area contributed by atoms with Crippen molar-refractivity contribution in [2.75, 3.05) is 25.2 Å². The Morgan fingerprint density at radius 1 is 1.47 bits per heavy atom. The van der Waals surface area contributed by atoms with E-state index in [0.29, 0.717) is 17.9 Å². The summed E-state index contributed by atoms with van der Waals surface area (Å²) in [6.45, 7) is 2.52. The van der Waals surface area contributed by atoms with E-state index >= 15 is 0 Å². The molecule has 0 aliphatic carbocycles. The average molecular weight is 490 g/mol. The Labute approximate surface area is 214 Å². The van der Waals surface area contributed by atoms with Gasteiger partial charge < -0.3 is 30.5 Å². The van der Waals surface area contributed by atoms with Gasteiger partial charge in [0.2, 0.25) is 0 Å². The molecule has 3 aliphatic rings. The van der Waals surface area contributed by atoms with Gasteiger partial charge in [0, 0.05) is 17.7 Å². The third kappa shape index (κ3) is 4.41. The van der Waals surface area contributed by atoms with Crippen molar-refractivity contribution in [2.45, 2.75) is 30.9 Å². The van der Waals surface area contributed by atoms with Crippen LogP contribution in [0.15, 0.2) is 21.8 Å². The Balaban J connectivity index is 0.00000289. The van der Waals surface area contributed by atoms with Crippen molar-refractivity contribution in [3.05, 3.63) is 22.3 Å². The predicted molar refractivity (Wildman–Crippen MR) is 111 cm³/mol. The summed E-state index contributed by atoms with van der Waals surface area (Å²) < 4.78 is 5.71. The standard InChI is InChI=1S/C18H21N5O6S2.Na/c1-7-3-4-29-13(7)8-5-30-16-11(15(25)23(16)12(8)17(26)27)21-14(24)10(22-28-2)9-6-31-18(19)20-9;/h6-7,11,13,16H,3-5H2,1-2H3,(H2,19,20)(H,21,24)(H,26,27);/q;+1/p-1/b22-10-;/t7?,11-,13?,16-;/m1./s1. The SMILES string of the molecule is CO/N=C(\C(=O)N[C@@H]1C(=O)N2C(C(=O)[O-])=C(C3OCCC3C)CS[C@H]12)c1csc(N)n1.[Na+]. The van der Waals surface area contributed by atoms with Gasteiger partial charge in [-0.3, -0.25) is 14.5 Å².